The van der Waals surface area contributed by atoms with E-state index in [4.69, 9.17) is 23.2 Å². The quantitative estimate of drug-likeness (QED) is 0.773. The highest BCUT2D eigenvalue weighted by Gasteiger charge is 2.37. The van der Waals surface area contributed by atoms with Gasteiger partial charge in [-0.3, -0.25) is 4.90 Å². The number of fused-ring (bicyclic) bond motifs is 3. The summed E-state index contributed by atoms with van der Waals surface area (Å²) in [6, 6.07) is 7.28. The van der Waals surface area contributed by atoms with Crippen LogP contribution in [0.3, 0.4) is 0 Å². The number of piperazine rings is 1. The molecule has 2 atom stereocenters. The van der Waals surface area contributed by atoms with Crippen molar-refractivity contribution in [3.63, 3.8) is 0 Å². The summed E-state index contributed by atoms with van der Waals surface area (Å²) in [5, 5.41) is 1.29. The zero-order valence-electron chi connectivity index (χ0n) is 9.87. The molecule has 92 valence electrons. The standard InChI is InChI=1S/C13H16Cl2N2/c1-16-7-11-3-2-10(16)8-17(11)9-4-5-12(14)13(15)6-9/h4-6,10-11H,2-3,7-8H2,1H3. The Morgan fingerprint density at radius 1 is 1.06 bits per heavy atom. The molecule has 2 unspecified atom stereocenters. The maximum absolute atomic E-state index is 6.09. The van der Waals surface area contributed by atoms with Gasteiger partial charge in [-0.25, -0.2) is 0 Å². The number of hydrogen-bond donors (Lipinski definition) is 0. The number of piperidine rings is 2. The van der Waals surface area contributed by atoms with Gasteiger partial charge in [0.1, 0.15) is 0 Å². The monoisotopic (exact) mass is 270 g/mol. The van der Waals surface area contributed by atoms with Crippen molar-refractivity contribution in [2.24, 2.45) is 0 Å². The third kappa shape index (κ3) is 2.03. The SMILES string of the molecule is CN1CC2CCC1CN2c1ccc(Cl)c(Cl)c1. The van der Waals surface area contributed by atoms with Crippen molar-refractivity contribution in [3.05, 3.63) is 28.2 Å². The van der Waals surface area contributed by atoms with Crippen molar-refractivity contribution < 1.29 is 0 Å². The van der Waals surface area contributed by atoms with Crippen molar-refractivity contribution in [1.82, 2.24) is 4.90 Å². The Bertz CT molecular complexity index is 435. The van der Waals surface area contributed by atoms with Gasteiger partial charge in [-0.15, -0.1) is 0 Å². The van der Waals surface area contributed by atoms with Crippen molar-refractivity contribution >= 4 is 28.9 Å². The summed E-state index contributed by atoms with van der Waals surface area (Å²) in [5.74, 6) is 0. The van der Waals surface area contributed by atoms with Crippen molar-refractivity contribution in [3.8, 4) is 0 Å². The number of anilines is 1. The fourth-order valence-corrected chi connectivity index (χ4v) is 3.31. The molecule has 0 N–H and O–H groups in total. The number of benzene rings is 1. The van der Waals surface area contributed by atoms with Gasteiger partial charge in [-0.05, 0) is 38.1 Å². The van der Waals surface area contributed by atoms with Crippen LogP contribution in [0.4, 0.5) is 5.69 Å². The molecule has 3 saturated heterocycles. The van der Waals surface area contributed by atoms with E-state index >= 15 is 0 Å². The molecule has 1 aromatic carbocycles. The second kappa shape index (κ2) is 4.34. The van der Waals surface area contributed by atoms with E-state index in [0.29, 0.717) is 22.1 Å². The minimum Gasteiger partial charge on any atom is -0.366 e. The average Bonchev–Trinajstić information content (AvgIpc) is 2.33. The Hall–Kier alpha value is -0.440. The van der Waals surface area contributed by atoms with Gasteiger partial charge < -0.3 is 4.90 Å². The average molecular weight is 271 g/mol. The van der Waals surface area contributed by atoms with E-state index in [2.05, 4.69) is 22.9 Å². The minimum atomic E-state index is 0.627. The van der Waals surface area contributed by atoms with Gasteiger partial charge in [0.25, 0.3) is 0 Å². The Kier molecular flexibility index (Phi) is 2.97. The van der Waals surface area contributed by atoms with E-state index in [1.54, 1.807) is 0 Å². The van der Waals surface area contributed by atoms with Gasteiger partial charge >= 0.3 is 0 Å². The molecule has 3 aliphatic heterocycles. The number of halogens is 2. The zero-order chi connectivity index (χ0) is 12.0. The molecule has 0 amide bonds. The van der Waals surface area contributed by atoms with E-state index < -0.39 is 0 Å². The first kappa shape index (κ1) is 11.6. The summed E-state index contributed by atoms with van der Waals surface area (Å²) in [7, 11) is 2.23. The largest absolute Gasteiger partial charge is 0.366 e. The third-order valence-corrected chi connectivity index (χ3v) is 4.78. The Morgan fingerprint density at radius 3 is 2.41 bits per heavy atom. The van der Waals surface area contributed by atoms with Crippen LogP contribution >= 0.6 is 23.2 Å². The smallest absolute Gasteiger partial charge is 0.0612 e. The minimum absolute atomic E-state index is 0.627. The molecule has 4 heteroatoms. The second-order valence-electron chi connectivity index (χ2n) is 5.08. The van der Waals surface area contributed by atoms with Gasteiger partial charge in [0.2, 0.25) is 0 Å². The van der Waals surface area contributed by atoms with Crippen molar-refractivity contribution in [2.75, 3.05) is 25.0 Å². The van der Waals surface area contributed by atoms with E-state index in [-0.39, 0.29) is 0 Å². The van der Waals surface area contributed by atoms with Crippen LogP contribution in [0.5, 0.6) is 0 Å². The maximum Gasteiger partial charge on any atom is 0.0612 e. The second-order valence-corrected chi connectivity index (χ2v) is 5.89. The summed E-state index contributed by atoms with van der Waals surface area (Å²) >= 11 is 12.1. The van der Waals surface area contributed by atoms with Crippen LogP contribution in [0.25, 0.3) is 0 Å². The molecule has 0 spiro atoms. The van der Waals surface area contributed by atoms with Gasteiger partial charge in [0.05, 0.1) is 10.0 Å². The predicted octanol–water partition coefficient (Wildman–Crippen LogP) is 3.28. The molecule has 2 nitrogen and oxygen atoms in total. The third-order valence-electron chi connectivity index (χ3n) is 4.04. The molecule has 17 heavy (non-hydrogen) atoms. The highest BCUT2D eigenvalue weighted by atomic mass is 35.5. The lowest BCUT2D eigenvalue weighted by atomic mass is 9.91. The lowest BCUT2D eigenvalue weighted by Crippen LogP contribution is -2.61. The van der Waals surface area contributed by atoms with Crippen LogP contribution in [0.1, 0.15) is 12.8 Å². The van der Waals surface area contributed by atoms with Crippen LogP contribution in [-0.2, 0) is 0 Å². The lowest BCUT2D eigenvalue weighted by Gasteiger charge is -2.51. The van der Waals surface area contributed by atoms with Crippen LogP contribution in [-0.4, -0.2) is 37.1 Å². The molecule has 3 fully saturated rings. The van der Waals surface area contributed by atoms with E-state index in [1.807, 2.05) is 12.1 Å². The molecule has 0 aromatic heterocycles. The molecule has 0 radical (unpaired) electrons. The molecule has 0 saturated carbocycles. The summed E-state index contributed by atoms with van der Waals surface area (Å²) < 4.78 is 0. The molecule has 0 aliphatic carbocycles. The zero-order valence-corrected chi connectivity index (χ0v) is 11.4. The number of hydrogen-bond acceptors (Lipinski definition) is 2. The van der Waals surface area contributed by atoms with Gasteiger partial charge in [0, 0.05) is 30.9 Å². The summed E-state index contributed by atoms with van der Waals surface area (Å²) in [6.07, 6.45) is 2.61. The van der Waals surface area contributed by atoms with Crippen LogP contribution < -0.4 is 4.90 Å². The van der Waals surface area contributed by atoms with Crippen molar-refractivity contribution in [1.29, 1.82) is 0 Å². The molecule has 1 aromatic rings. The summed E-state index contributed by atoms with van der Waals surface area (Å²) in [6.45, 7) is 2.27. The molecular weight excluding hydrogens is 255 g/mol. The van der Waals surface area contributed by atoms with Crippen LogP contribution in [0, 0.1) is 0 Å². The number of nitrogens with zero attached hydrogens (tertiary/aromatic N) is 2. The highest BCUT2D eigenvalue weighted by Crippen LogP contribution is 2.34. The Morgan fingerprint density at radius 2 is 1.82 bits per heavy atom. The topological polar surface area (TPSA) is 6.48 Å². The summed E-state index contributed by atoms with van der Waals surface area (Å²) in [5.41, 5.74) is 1.21. The van der Waals surface area contributed by atoms with Gasteiger partial charge in [-0.2, -0.15) is 0 Å². The molecule has 3 heterocycles. The summed E-state index contributed by atoms with van der Waals surface area (Å²) in [4.78, 5) is 4.96. The first-order valence-corrected chi connectivity index (χ1v) is 6.82. The van der Waals surface area contributed by atoms with E-state index in [1.165, 1.54) is 18.5 Å². The normalized spacial score (nSPS) is 28.8. The first-order chi connectivity index (χ1) is 8.15. The molecule has 4 rings (SSSR count). The first-order valence-electron chi connectivity index (χ1n) is 6.07. The predicted molar refractivity (Wildman–Crippen MR) is 73.2 cm³/mol. The van der Waals surface area contributed by atoms with Crippen LogP contribution in [0.15, 0.2) is 18.2 Å². The lowest BCUT2D eigenvalue weighted by molar-refractivity contribution is 0.125. The molecular formula is C13H16Cl2N2. The number of likely N-dealkylation sites (N-methyl/N-ethyl adjacent to an activating group) is 1. The van der Waals surface area contributed by atoms with Gasteiger partial charge in [-0.1, -0.05) is 23.2 Å². The van der Waals surface area contributed by atoms with Crippen molar-refractivity contribution in [2.45, 2.75) is 24.9 Å². The fraction of sp³-hybridized carbons (Fsp3) is 0.538. The highest BCUT2D eigenvalue weighted by molar-refractivity contribution is 6.42. The molecule has 2 bridgehead atoms. The Labute approximate surface area is 112 Å². The van der Waals surface area contributed by atoms with E-state index in [9.17, 15) is 0 Å². The van der Waals surface area contributed by atoms with Crippen LogP contribution in [0.2, 0.25) is 10.0 Å². The Balaban J connectivity index is 1.87. The number of rotatable bonds is 1. The fourth-order valence-electron chi connectivity index (χ4n) is 3.02. The maximum atomic E-state index is 6.09. The molecule has 3 aliphatic rings. The van der Waals surface area contributed by atoms with Gasteiger partial charge in [0.15, 0.2) is 0 Å². The van der Waals surface area contributed by atoms with E-state index in [0.717, 1.165) is 13.1 Å².